The van der Waals surface area contributed by atoms with Crippen LogP contribution in [0, 0.1) is 5.92 Å². The maximum Gasteiger partial charge on any atom is 0.243 e. The Labute approximate surface area is 156 Å². The molecular weight excluding hydrogens is 352 g/mol. The number of nitrogens with zero attached hydrogens (tertiary/aromatic N) is 1. The molecule has 2 fully saturated rings. The Morgan fingerprint density at radius 3 is 2.31 bits per heavy atom. The first-order valence-electron chi connectivity index (χ1n) is 9.55. The summed E-state index contributed by atoms with van der Waals surface area (Å²) in [7, 11) is -3.52. The van der Waals surface area contributed by atoms with Gasteiger partial charge in [0.15, 0.2) is 0 Å². The lowest BCUT2D eigenvalue weighted by molar-refractivity contribution is -0.126. The maximum absolute atomic E-state index is 12.8. The summed E-state index contributed by atoms with van der Waals surface area (Å²) in [5, 5.41) is 2.82. The molecule has 1 N–H and O–H groups in total. The highest BCUT2D eigenvalue weighted by molar-refractivity contribution is 7.89. The molecule has 0 atom stereocenters. The van der Waals surface area contributed by atoms with Crippen LogP contribution in [0.5, 0.6) is 5.75 Å². The first-order chi connectivity index (χ1) is 12.5. The highest BCUT2D eigenvalue weighted by Gasteiger charge is 2.32. The van der Waals surface area contributed by atoms with Crippen molar-refractivity contribution in [2.24, 2.45) is 5.92 Å². The second-order valence-corrected chi connectivity index (χ2v) is 9.01. The third kappa shape index (κ3) is 4.38. The van der Waals surface area contributed by atoms with Crippen molar-refractivity contribution in [2.75, 3.05) is 19.6 Å². The van der Waals surface area contributed by atoms with Crippen LogP contribution in [0.3, 0.4) is 0 Å². The Hall–Kier alpha value is -1.60. The number of carbonyl (C=O) groups excluding carboxylic acids is 1. The molecule has 144 valence electrons. The van der Waals surface area contributed by atoms with Crippen LogP contribution in [-0.2, 0) is 14.8 Å². The zero-order chi connectivity index (χ0) is 18.6. The topological polar surface area (TPSA) is 75.7 Å². The van der Waals surface area contributed by atoms with Crippen molar-refractivity contribution in [1.29, 1.82) is 0 Å². The highest BCUT2D eigenvalue weighted by atomic mass is 32.2. The van der Waals surface area contributed by atoms with Gasteiger partial charge in [-0.15, -0.1) is 0 Å². The van der Waals surface area contributed by atoms with Gasteiger partial charge < -0.3 is 10.1 Å². The van der Waals surface area contributed by atoms with Crippen molar-refractivity contribution in [3.8, 4) is 5.75 Å². The van der Waals surface area contributed by atoms with Crippen LogP contribution in [0.1, 0.15) is 45.4 Å². The van der Waals surface area contributed by atoms with E-state index in [1.165, 1.54) is 17.1 Å². The van der Waals surface area contributed by atoms with Gasteiger partial charge in [-0.25, -0.2) is 8.42 Å². The second-order valence-electron chi connectivity index (χ2n) is 7.07. The summed E-state index contributed by atoms with van der Waals surface area (Å²) in [4.78, 5) is 12.2. The van der Waals surface area contributed by atoms with Gasteiger partial charge in [-0.1, -0.05) is 0 Å². The van der Waals surface area contributed by atoms with Crippen LogP contribution in [-0.4, -0.2) is 44.4 Å². The zero-order valence-electron chi connectivity index (χ0n) is 15.3. The molecule has 2 aliphatic rings. The van der Waals surface area contributed by atoms with Crippen molar-refractivity contribution < 1.29 is 17.9 Å². The fourth-order valence-corrected chi connectivity index (χ4v) is 5.18. The van der Waals surface area contributed by atoms with E-state index in [2.05, 4.69) is 5.32 Å². The third-order valence-electron chi connectivity index (χ3n) is 5.24. The molecule has 0 aromatic heterocycles. The predicted molar refractivity (Wildman–Crippen MR) is 99.5 cm³/mol. The summed E-state index contributed by atoms with van der Waals surface area (Å²) in [5.41, 5.74) is 0. The van der Waals surface area contributed by atoms with E-state index in [0.29, 0.717) is 32.5 Å². The molecule has 1 aromatic rings. The van der Waals surface area contributed by atoms with Gasteiger partial charge in [-0.3, -0.25) is 4.79 Å². The largest absolute Gasteiger partial charge is 0.490 e. The molecule has 26 heavy (non-hydrogen) atoms. The van der Waals surface area contributed by atoms with Crippen LogP contribution in [0.15, 0.2) is 29.2 Å². The Kier molecular flexibility index (Phi) is 6.19. The number of nitrogens with one attached hydrogen (secondary N) is 1. The predicted octanol–water partition coefficient (Wildman–Crippen LogP) is 2.54. The minimum Gasteiger partial charge on any atom is -0.490 e. The first-order valence-corrected chi connectivity index (χ1v) is 11.0. The zero-order valence-corrected chi connectivity index (χ0v) is 16.1. The SMILES string of the molecule is CCNC(=O)C1CCN(S(=O)(=O)c2ccc(OC3CCCC3)cc2)CC1. The first kappa shape index (κ1) is 19.2. The Morgan fingerprint density at radius 1 is 1.12 bits per heavy atom. The summed E-state index contributed by atoms with van der Waals surface area (Å²) >= 11 is 0. The van der Waals surface area contributed by atoms with Crippen LogP contribution in [0.2, 0.25) is 0 Å². The van der Waals surface area contributed by atoms with Gasteiger partial charge in [0.25, 0.3) is 0 Å². The quantitative estimate of drug-likeness (QED) is 0.823. The fraction of sp³-hybridized carbons (Fsp3) is 0.632. The summed E-state index contributed by atoms with van der Waals surface area (Å²) in [6.07, 6.45) is 5.92. The van der Waals surface area contributed by atoms with Gasteiger partial charge in [0.2, 0.25) is 15.9 Å². The van der Waals surface area contributed by atoms with Crippen LogP contribution in [0.4, 0.5) is 0 Å². The number of rotatable bonds is 6. The average Bonchev–Trinajstić information content (AvgIpc) is 3.15. The summed E-state index contributed by atoms with van der Waals surface area (Å²) in [6.45, 7) is 3.25. The number of piperidine rings is 1. The molecule has 7 heteroatoms. The van der Waals surface area contributed by atoms with Crippen molar-refractivity contribution in [2.45, 2.75) is 56.4 Å². The summed E-state index contributed by atoms with van der Waals surface area (Å²) < 4.78 is 33.0. The van der Waals surface area contributed by atoms with Crippen LogP contribution in [0.25, 0.3) is 0 Å². The molecule has 1 aliphatic carbocycles. The van der Waals surface area contributed by atoms with Crippen LogP contribution >= 0.6 is 0 Å². The molecule has 0 radical (unpaired) electrons. The monoisotopic (exact) mass is 380 g/mol. The number of sulfonamides is 1. The maximum atomic E-state index is 12.8. The molecule has 1 aromatic carbocycles. The minimum absolute atomic E-state index is 0.0259. The van der Waals surface area contributed by atoms with E-state index < -0.39 is 10.0 Å². The smallest absolute Gasteiger partial charge is 0.243 e. The molecule has 1 aliphatic heterocycles. The number of amides is 1. The van der Waals surface area contributed by atoms with Gasteiger partial charge >= 0.3 is 0 Å². The van der Waals surface area contributed by atoms with Gasteiger partial charge in [0.1, 0.15) is 5.75 Å². The lowest BCUT2D eigenvalue weighted by Crippen LogP contribution is -2.42. The van der Waals surface area contributed by atoms with Crippen LogP contribution < -0.4 is 10.1 Å². The number of carbonyl (C=O) groups is 1. The number of hydrogen-bond acceptors (Lipinski definition) is 4. The Morgan fingerprint density at radius 2 is 1.73 bits per heavy atom. The molecular formula is C19H28N2O4S. The lowest BCUT2D eigenvalue weighted by Gasteiger charge is -2.30. The van der Waals surface area contributed by atoms with Crippen molar-refractivity contribution in [3.05, 3.63) is 24.3 Å². The van der Waals surface area contributed by atoms with Gasteiger partial charge in [-0.05, 0) is 69.7 Å². The summed E-state index contributed by atoms with van der Waals surface area (Å²) in [6, 6.07) is 6.73. The molecule has 3 rings (SSSR count). The fourth-order valence-electron chi connectivity index (χ4n) is 3.71. The number of benzene rings is 1. The van der Waals surface area contributed by atoms with E-state index in [0.717, 1.165) is 18.6 Å². The Balaban J connectivity index is 1.60. The van der Waals surface area contributed by atoms with Crippen molar-refractivity contribution in [3.63, 3.8) is 0 Å². The second kappa shape index (κ2) is 8.39. The van der Waals surface area contributed by atoms with E-state index in [1.54, 1.807) is 24.3 Å². The highest BCUT2D eigenvalue weighted by Crippen LogP contribution is 2.27. The summed E-state index contributed by atoms with van der Waals surface area (Å²) in [5.74, 6) is 0.660. The molecule has 0 bridgehead atoms. The van der Waals surface area contributed by atoms with E-state index in [-0.39, 0.29) is 22.8 Å². The molecule has 1 amide bonds. The van der Waals surface area contributed by atoms with E-state index >= 15 is 0 Å². The standard InChI is InChI=1S/C19H28N2O4S/c1-2-20-19(22)15-11-13-21(14-12-15)26(23,24)18-9-7-17(8-10-18)25-16-5-3-4-6-16/h7-10,15-16H,2-6,11-14H2,1H3,(H,20,22). The number of ether oxygens (including phenoxy) is 1. The molecule has 0 spiro atoms. The van der Waals surface area contributed by atoms with Gasteiger partial charge in [-0.2, -0.15) is 4.31 Å². The van der Waals surface area contributed by atoms with Gasteiger partial charge in [0.05, 0.1) is 11.0 Å². The van der Waals surface area contributed by atoms with Crippen molar-refractivity contribution >= 4 is 15.9 Å². The van der Waals surface area contributed by atoms with Crippen molar-refractivity contribution in [1.82, 2.24) is 9.62 Å². The minimum atomic E-state index is -3.52. The molecule has 0 unspecified atom stereocenters. The Bertz CT molecular complexity index is 704. The van der Waals surface area contributed by atoms with E-state index in [1.807, 2.05) is 6.92 Å². The lowest BCUT2D eigenvalue weighted by atomic mass is 9.97. The molecule has 1 heterocycles. The number of hydrogen-bond donors (Lipinski definition) is 1. The van der Waals surface area contributed by atoms with E-state index in [9.17, 15) is 13.2 Å². The average molecular weight is 381 g/mol. The normalized spacial score (nSPS) is 20.2. The van der Waals surface area contributed by atoms with E-state index in [4.69, 9.17) is 4.74 Å². The third-order valence-corrected chi connectivity index (χ3v) is 7.16. The molecule has 1 saturated carbocycles. The molecule has 1 saturated heterocycles. The van der Waals surface area contributed by atoms with Gasteiger partial charge in [0, 0.05) is 25.6 Å². The molecule has 6 nitrogen and oxygen atoms in total.